The average molecular weight is 422 g/mol. The fourth-order valence-corrected chi connectivity index (χ4v) is 3.60. The minimum atomic E-state index is -0.967. The summed E-state index contributed by atoms with van der Waals surface area (Å²) in [7, 11) is 0. The van der Waals surface area contributed by atoms with Crippen LogP contribution in [0.4, 0.5) is 20.5 Å². The number of rotatable bonds is 4. The Kier molecular flexibility index (Phi) is 4.56. The average Bonchev–Trinajstić information content (AvgIpc) is 3.18. The van der Waals surface area contributed by atoms with Crippen molar-refractivity contribution in [3.8, 4) is 0 Å². The van der Waals surface area contributed by atoms with Gasteiger partial charge in [0.05, 0.1) is 6.54 Å². The van der Waals surface area contributed by atoms with Crippen LogP contribution in [0.2, 0.25) is 5.02 Å². The third kappa shape index (κ3) is 3.25. The molecular formula is C23H14ClF2N3O. The lowest BCUT2D eigenvalue weighted by molar-refractivity contribution is 0.515. The van der Waals surface area contributed by atoms with Crippen molar-refractivity contribution in [3.05, 3.63) is 95.1 Å². The Bertz CT molecular complexity index is 1350. The molecule has 0 radical (unpaired) electrons. The minimum absolute atomic E-state index is 0.0175. The smallest absolute Gasteiger partial charge is 0.303 e. The number of hydrogen-bond donors (Lipinski definition) is 0. The number of pyridine rings is 1. The summed E-state index contributed by atoms with van der Waals surface area (Å²) >= 11 is 6.21. The van der Waals surface area contributed by atoms with Gasteiger partial charge >= 0.3 is 6.01 Å². The van der Waals surface area contributed by atoms with Crippen LogP contribution < -0.4 is 4.90 Å². The molecule has 0 saturated heterocycles. The second-order valence-corrected chi connectivity index (χ2v) is 7.19. The molecule has 0 unspecified atom stereocenters. The van der Waals surface area contributed by atoms with Gasteiger partial charge in [0.15, 0.2) is 17.2 Å². The van der Waals surface area contributed by atoms with Gasteiger partial charge in [-0.1, -0.05) is 29.8 Å². The number of anilines is 2. The summed E-state index contributed by atoms with van der Waals surface area (Å²) in [5.74, 6) is -1.90. The van der Waals surface area contributed by atoms with Crippen LogP contribution in [0.3, 0.4) is 0 Å². The Labute approximate surface area is 175 Å². The Morgan fingerprint density at radius 1 is 0.967 bits per heavy atom. The quantitative estimate of drug-likeness (QED) is 0.326. The van der Waals surface area contributed by atoms with Gasteiger partial charge in [0.2, 0.25) is 0 Å². The number of hydrogen-bond acceptors (Lipinski definition) is 4. The van der Waals surface area contributed by atoms with Crippen molar-refractivity contribution in [2.24, 2.45) is 0 Å². The molecule has 148 valence electrons. The summed E-state index contributed by atoms with van der Waals surface area (Å²) in [6.45, 7) is 0.289. The number of benzene rings is 3. The zero-order valence-corrected chi connectivity index (χ0v) is 16.3. The number of para-hydroxylation sites is 2. The topological polar surface area (TPSA) is 42.2 Å². The Hall–Kier alpha value is -3.51. The molecule has 5 rings (SSSR count). The second kappa shape index (κ2) is 7.39. The zero-order valence-electron chi connectivity index (χ0n) is 15.5. The fourth-order valence-electron chi connectivity index (χ4n) is 3.41. The lowest BCUT2D eigenvalue weighted by atomic mass is 10.1. The first kappa shape index (κ1) is 18.5. The highest BCUT2D eigenvalue weighted by Gasteiger charge is 2.19. The van der Waals surface area contributed by atoms with Gasteiger partial charge in [0.1, 0.15) is 11.0 Å². The largest absolute Gasteiger partial charge is 0.423 e. The molecule has 0 spiro atoms. The SMILES string of the molecule is Fc1ccc2c(CN(c3cccc(Cl)c3)c3nc4ccccc4o3)ccnc2c1F. The van der Waals surface area contributed by atoms with Gasteiger partial charge in [-0.25, -0.2) is 8.78 Å². The summed E-state index contributed by atoms with van der Waals surface area (Å²) in [5, 5.41) is 1.07. The number of halogens is 3. The molecule has 0 atom stereocenters. The van der Waals surface area contributed by atoms with Gasteiger partial charge in [0, 0.05) is 22.3 Å². The van der Waals surface area contributed by atoms with Crippen LogP contribution in [0.25, 0.3) is 22.0 Å². The molecule has 0 fully saturated rings. The summed E-state index contributed by atoms with van der Waals surface area (Å²) in [6, 6.07) is 19.5. The molecule has 3 aromatic carbocycles. The van der Waals surface area contributed by atoms with Crippen LogP contribution >= 0.6 is 11.6 Å². The molecule has 30 heavy (non-hydrogen) atoms. The van der Waals surface area contributed by atoms with E-state index in [4.69, 9.17) is 16.0 Å². The molecule has 0 aliphatic carbocycles. The van der Waals surface area contributed by atoms with E-state index in [0.717, 1.165) is 17.3 Å². The van der Waals surface area contributed by atoms with Crippen LogP contribution in [0.15, 0.2) is 77.3 Å². The summed E-state index contributed by atoms with van der Waals surface area (Å²) < 4.78 is 33.9. The molecule has 2 heterocycles. The molecule has 7 heteroatoms. The molecular weight excluding hydrogens is 408 g/mol. The van der Waals surface area contributed by atoms with E-state index in [1.54, 1.807) is 18.2 Å². The van der Waals surface area contributed by atoms with Crippen LogP contribution in [0.5, 0.6) is 0 Å². The standard InChI is InChI=1S/C23H14ClF2N3O/c24-15-4-3-5-16(12-15)29(23-28-19-6-1-2-7-20(19)30-23)13-14-10-11-27-22-17(14)8-9-18(25)21(22)26/h1-12H,13H2. The second-order valence-electron chi connectivity index (χ2n) is 6.76. The van der Waals surface area contributed by atoms with E-state index in [1.165, 1.54) is 12.3 Å². The first-order valence-corrected chi connectivity index (χ1v) is 9.58. The molecule has 0 saturated carbocycles. The maximum atomic E-state index is 14.3. The molecule has 0 amide bonds. The van der Waals surface area contributed by atoms with Gasteiger partial charge in [-0.2, -0.15) is 4.98 Å². The Balaban J connectivity index is 1.66. The monoisotopic (exact) mass is 421 g/mol. The van der Waals surface area contributed by atoms with Crippen molar-refractivity contribution in [1.82, 2.24) is 9.97 Å². The van der Waals surface area contributed by atoms with Crippen molar-refractivity contribution < 1.29 is 13.2 Å². The predicted molar refractivity (Wildman–Crippen MR) is 113 cm³/mol. The van der Waals surface area contributed by atoms with Crippen molar-refractivity contribution in [2.45, 2.75) is 6.54 Å². The van der Waals surface area contributed by atoms with E-state index in [2.05, 4.69) is 9.97 Å². The number of oxazole rings is 1. The zero-order chi connectivity index (χ0) is 20.7. The van der Waals surface area contributed by atoms with Gasteiger partial charge < -0.3 is 4.42 Å². The summed E-state index contributed by atoms with van der Waals surface area (Å²) in [4.78, 5) is 10.4. The number of nitrogens with zero attached hydrogens (tertiary/aromatic N) is 3. The van der Waals surface area contributed by atoms with E-state index < -0.39 is 11.6 Å². The van der Waals surface area contributed by atoms with Crippen molar-refractivity contribution in [1.29, 1.82) is 0 Å². The molecule has 2 aromatic heterocycles. The van der Waals surface area contributed by atoms with Crippen LogP contribution in [0.1, 0.15) is 5.56 Å². The summed E-state index contributed by atoms with van der Waals surface area (Å²) in [6.07, 6.45) is 1.46. The molecule has 0 aliphatic heterocycles. The van der Waals surface area contributed by atoms with Crippen molar-refractivity contribution in [2.75, 3.05) is 4.90 Å². The minimum Gasteiger partial charge on any atom is -0.423 e. The van der Waals surface area contributed by atoms with E-state index in [1.807, 2.05) is 41.3 Å². The number of fused-ring (bicyclic) bond motifs is 2. The molecule has 0 aliphatic rings. The first-order chi connectivity index (χ1) is 14.6. The highest BCUT2D eigenvalue weighted by atomic mass is 35.5. The van der Waals surface area contributed by atoms with E-state index >= 15 is 0 Å². The molecule has 4 nitrogen and oxygen atoms in total. The normalized spacial score (nSPS) is 11.3. The molecule has 5 aromatic rings. The lowest BCUT2D eigenvalue weighted by Gasteiger charge is -2.22. The highest BCUT2D eigenvalue weighted by Crippen LogP contribution is 2.33. The van der Waals surface area contributed by atoms with Crippen LogP contribution in [0, 0.1) is 11.6 Å². The fraction of sp³-hybridized carbons (Fsp3) is 0.0435. The maximum absolute atomic E-state index is 14.3. The lowest BCUT2D eigenvalue weighted by Crippen LogP contribution is -2.17. The van der Waals surface area contributed by atoms with E-state index in [9.17, 15) is 8.78 Å². The third-order valence-corrected chi connectivity index (χ3v) is 5.09. The van der Waals surface area contributed by atoms with E-state index in [0.29, 0.717) is 27.5 Å². The van der Waals surface area contributed by atoms with Gasteiger partial charge in [0.25, 0.3) is 0 Å². The van der Waals surface area contributed by atoms with Gasteiger partial charge in [-0.05, 0) is 54.1 Å². The van der Waals surface area contributed by atoms with E-state index in [-0.39, 0.29) is 12.1 Å². The van der Waals surface area contributed by atoms with Gasteiger partial charge in [-0.3, -0.25) is 9.88 Å². The molecule has 0 N–H and O–H groups in total. The number of aromatic nitrogens is 2. The van der Waals surface area contributed by atoms with Crippen LogP contribution in [-0.4, -0.2) is 9.97 Å². The third-order valence-electron chi connectivity index (χ3n) is 4.86. The predicted octanol–water partition coefficient (Wildman–Crippen LogP) is 6.65. The van der Waals surface area contributed by atoms with Crippen LogP contribution in [-0.2, 0) is 6.54 Å². The van der Waals surface area contributed by atoms with Crippen molar-refractivity contribution >= 4 is 45.3 Å². The maximum Gasteiger partial charge on any atom is 0.303 e. The highest BCUT2D eigenvalue weighted by molar-refractivity contribution is 6.30. The Morgan fingerprint density at radius 2 is 1.83 bits per heavy atom. The molecule has 0 bridgehead atoms. The Morgan fingerprint density at radius 3 is 2.67 bits per heavy atom. The first-order valence-electron chi connectivity index (χ1n) is 9.20. The van der Waals surface area contributed by atoms with Gasteiger partial charge in [-0.15, -0.1) is 0 Å². The van der Waals surface area contributed by atoms with Crippen molar-refractivity contribution in [3.63, 3.8) is 0 Å². The summed E-state index contributed by atoms with van der Waals surface area (Å²) in [5.41, 5.74) is 2.83.